The third kappa shape index (κ3) is 5.32. The first-order chi connectivity index (χ1) is 12.7. The molecule has 146 valence electrons. The number of nitrogens with zero attached hydrogens (tertiary/aromatic N) is 3. The average Bonchev–Trinajstić information content (AvgIpc) is 2.60. The van der Waals surface area contributed by atoms with E-state index in [4.69, 9.17) is 4.74 Å². The highest BCUT2D eigenvalue weighted by Crippen LogP contribution is 2.29. The summed E-state index contributed by atoms with van der Waals surface area (Å²) >= 11 is 0. The number of sulfonamides is 1. The Bertz CT molecular complexity index is 903. The smallest absolute Gasteiger partial charge is 0.354 e. The minimum Gasteiger partial charge on any atom is -0.383 e. The van der Waals surface area contributed by atoms with Crippen LogP contribution in [0, 0.1) is 17.0 Å². The molecule has 1 unspecified atom stereocenters. The van der Waals surface area contributed by atoms with E-state index in [0.717, 1.165) is 11.9 Å². The summed E-state index contributed by atoms with van der Waals surface area (Å²) in [5, 5.41) is 14.3. The fraction of sp³-hybridized carbons (Fsp3) is 0.333. The van der Waals surface area contributed by atoms with Crippen LogP contribution in [0.3, 0.4) is 0 Å². The summed E-state index contributed by atoms with van der Waals surface area (Å²) in [6.45, 7) is 3.87. The van der Waals surface area contributed by atoms with E-state index in [2.05, 4.69) is 25.5 Å². The van der Waals surface area contributed by atoms with Crippen LogP contribution in [0.2, 0.25) is 0 Å². The van der Waals surface area contributed by atoms with Gasteiger partial charge in [-0.25, -0.2) is 18.4 Å². The van der Waals surface area contributed by atoms with Gasteiger partial charge in [0, 0.05) is 13.2 Å². The topological polar surface area (TPSA) is 148 Å². The van der Waals surface area contributed by atoms with Crippen LogP contribution in [-0.4, -0.2) is 43.1 Å². The first-order valence-electron chi connectivity index (χ1n) is 7.84. The zero-order chi connectivity index (χ0) is 20.0. The number of rotatable bonds is 9. The molecule has 2 rings (SSSR count). The van der Waals surface area contributed by atoms with E-state index < -0.39 is 20.6 Å². The van der Waals surface area contributed by atoms with Gasteiger partial charge in [0.1, 0.15) is 6.33 Å². The number of anilines is 2. The van der Waals surface area contributed by atoms with E-state index >= 15 is 0 Å². The van der Waals surface area contributed by atoms with Gasteiger partial charge in [0.15, 0.2) is 0 Å². The van der Waals surface area contributed by atoms with Crippen LogP contribution in [0.15, 0.2) is 35.5 Å². The van der Waals surface area contributed by atoms with Crippen LogP contribution < -0.4 is 15.6 Å². The third-order valence-corrected chi connectivity index (χ3v) is 4.70. The number of hydrogen-bond donors (Lipinski definition) is 3. The van der Waals surface area contributed by atoms with Gasteiger partial charge >= 0.3 is 5.69 Å². The molecule has 27 heavy (non-hydrogen) atoms. The summed E-state index contributed by atoms with van der Waals surface area (Å²) in [4.78, 5) is 20.5. The molecule has 0 amide bonds. The molecule has 1 atom stereocenters. The second-order valence-electron chi connectivity index (χ2n) is 5.72. The fourth-order valence-electron chi connectivity index (χ4n) is 2.17. The summed E-state index contributed by atoms with van der Waals surface area (Å²) in [5.41, 5.74) is 2.70. The van der Waals surface area contributed by atoms with Crippen molar-refractivity contribution in [2.24, 2.45) is 0 Å². The van der Waals surface area contributed by atoms with Gasteiger partial charge in [0.05, 0.1) is 16.4 Å². The van der Waals surface area contributed by atoms with Crippen molar-refractivity contribution in [2.75, 3.05) is 24.5 Å². The van der Waals surface area contributed by atoms with Crippen LogP contribution in [0.4, 0.5) is 17.3 Å². The molecule has 1 aromatic carbocycles. The van der Waals surface area contributed by atoms with Crippen LogP contribution in [0.25, 0.3) is 0 Å². The molecule has 12 heteroatoms. The van der Waals surface area contributed by atoms with E-state index in [1.54, 1.807) is 19.1 Å². The third-order valence-electron chi connectivity index (χ3n) is 3.44. The van der Waals surface area contributed by atoms with Crippen molar-refractivity contribution in [2.45, 2.75) is 24.8 Å². The van der Waals surface area contributed by atoms with Crippen LogP contribution in [0.1, 0.15) is 12.5 Å². The van der Waals surface area contributed by atoms with Gasteiger partial charge in [-0.1, -0.05) is 17.7 Å². The molecule has 11 nitrogen and oxygen atoms in total. The number of nitro groups is 1. The zero-order valence-electron chi connectivity index (χ0n) is 15.0. The normalized spacial score (nSPS) is 12.4. The van der Waals surface area contributed by atoms with Gasteiger partial charge < -0.3 is 10.1 Å². The Balaban J connectivity index is 2.25. The lowest BCUT2D eigenvalue weighted by molar-refractivity contribution is -0.383. The van der Waals surface area contributed by atoms with E-state index in [1.807, 2.05) is 6.92 Å². The number of hydrogen-bond acceptors (Lipinski definition) is 9. The number of ether oxygens (including phenoxy) is 1. The van der Waals surface area contributed by atoms with Crippen molar-refractivity contribution in [1.29, 1.82) is 0 Å². The molecule has 0 saturated carbocycles. The quantitative estimate of drug-likeness (QED) is 0.423. The highest BCUT2D eigenvalue weighted by Gasteiger charge is 2.25. The van der Waals surface area contributed by atoms with Gasteiger partial charge in [0.2, 0.25) is 11.6 Å². The van der Waals surface area contributed by atoms with Crippen LogP contribution in [0.5, 0.6) is 0 Å². The second-order valence-corrected chi connectivity index (χ2v) is 7.40. The Labute approximate surface area is 156 Å². The molecule has 0 saturated heterocycles. The number of hydrazine groups is 1. The summed E-state index contributed by atoms with van der Waals surface area (Å²) in [6.07, 6.45) is 1.08. The molecule has 1 heterocycles. The highest BCUT2D eigenvalue weighted by atomic mass is 32.2. The van der Waals surface area contributed by atoms with Gasteiger partial charge in [0.25, 0.3) is 10.0 Å². The van der Waals surface area contributed by atoms with E-state index in [9.17, 15) is 18.5 Å². The number of aryl methyl sites for hydroxylation is 1. The van der Waals surface area contributed by atoms with E-state index in [0.29, 0.717) is 6.61 Å². The lowest BCUT2D eigenvalue weighted by atomic mass is 10.2. The molecular formula is C15H20N6O5S. The van der Waals surface area contributed by atoms with E-state index in [1.165, 1.54) is 19.2 Å². The van der Waals surface area contributed by atoms with Gasteiger partial charge in [-0.3, -0.25) is 15.5 Å². The first-order valence-corrected chi connectivity index (χ1v) is 9.32. The predicted octanol–water partition coefficient (Wildman–Crippen LogP) is 1.45. The van der Waals surface area contributed by atoms with Gasteiger partial charge in [-0.2, -0.15) is 0 Å². The highest BCUT2D eigenvalue weighted by molar-refractivity contribution is 7.89. The number of benzene rings is 1. The standard InChI is InChI=1S/C15H20N6O5S/c1-10-4-6-12(7-5-10)27(24,25)20-19-15-13(21(22)23)14(16-9-17-15)18-11(2)8-26-3/h4-7,9,11,20H,8H2,1-3H3,(H2,16,17,18,19). The molecule has 0 radical (unpaired) electrons. The zero-order valence-corrected chi connectivity index (χ0v) is 15.8. The molecule has 1 aromatic heterocycles. The Morgan fingerprint density at radius 3 is 2.44 bits per heavy atom. The van der Waals surface area contributed by atoms with Crippen molar-refractivity contribution >= 4 is 27.3 Å². The maximum atomic E-state index is 12.3. The maximum absolute atomic E-state index is 12.3. The maximum Gasteiger partial charge on any atom is 0.354 e. The van der Waals surface area contributed by atoms with Crippen LogP contribution >= 0.6 is 0 Å². The van der Waals surface area contributed by atoms with Crippen molar-refractivity contribution in [3.8, 4) is 0 Å². The van der Waals surface area contributed by atoms with E-state index in [-0.39, 0.29) is 22.6 Å². The Morgan fingerprint density at radius 2 is 1.85 bits per heavy atom. The SMILES string of the molecule is COCC(C)Nc1ncnc(NNS(=O)(=O)c2ccc(C)cc2)c1[N+](=O)[O-]. The Morgan fingerprint density at radius 1 is 1.22 bits per heavy atom. The predicted molar refractivity (Wildman–Crippen MR) is 98.8 cm³/mol. The Kier molecular flexibility index (Phi) is 6.60. The Hall–Kier alpha value is -2.83. The van der Waals surface area contributed by atoms with Crippen molar-refractivity contribution in [3.63, 3.8) is 0 Å². The molecular weight excluding hydrogens is 376 g/mol. The number of aromatic nitrogens is 2. The number of nitrogens with one attached hydrogen (secondary N) is 3. The first kappa shape index (κ1) is 20.5. The van der Waals surface area contributed by atoms with Crippen molar-refractivity contribution in [3.05, 3.63) is 46.3 Å². The summed E-state index contributed by atoms with van der Waals surface area (Å²) in [6, 6.07) is 5.86. The average molecular weight is 396 g/mol. The molecule has 0 spiro atoms. The molecule has 0 fully saturated rings. The fourth-order valence-corrected chi connectivity index (χ4v) is 3.01. The van der Waals surface area contributed by atoms with Gasteiger partial charge in [-0.05, 0) is 26.0 Å². The van der Waals surface area contributed by atoms with Crippen molar-refractivity contribution < 1.29 is 18.1 Å². The summed E-state index contributed by atoms with van der Waals surface area (Å²) in [7, 11) is -2.45. The molecule has 3 N–H and O–H groups in total. The molecule has 0 aliphatic carbocycles. The monoisotopic (exact) mass is 396 g/mol. The molecule has 2 aromatic rings. The summed E-state index contributed by atoms with van der Waals surface area (Å²) < 4.78 is 29.6. The van der Waals surface area contributed by atoms with Gasteiger partial charge in [-0.15, -0.1) is 4.83 Å². The number of methoxy groups -OCH3 is 1. The molecule has 0 bridgehead atoms. The lowest BCUT2D eigenvalue weighted by Gasteiger charge is -2.15. The van der Waals surface area contributed by atoms with Crippen molar-refractivity contribution in [1.82, 2.24) is 14.8 Å². The largest absolute Gasteiger partial charge is 0.383 e. The molecule has 0 aliphatic rings. The van der Waals surface area contributed by atoms with Crippen LogP contribution in [-0.2, 0) is 14.8 Å². The lowest BCUT2D eigenvalue weighted by Crippen LogP contribution is -2.30. The second kappa shape index (κ2) is 8.70. The molecule has 0 aliphatic heterocycles. The summed E-state index contributed by atoms with van der Waals surface area (Å²) in [5.74, 6) is -0.352. The minimum atomic E-state index is -3.95. The minimum absolute atomic E-state index is 0.00405.